The third kappa shape index (κ3) is 4.66. The molecule has 0 bridgehead atoms. The fourth-order valence-corrected chi connectivity index (χ4v) is 8.65. The first-order chi connectivity index (χ1) is 22.6. The fraction of sp³-hybridized carbons (Fsp3) is 0.217. The van der Waals surface area contributed by atoms with Gasteiger partial charge in [-0.05, 0) is 88.7 Å². The molecule has 0 aliphatic heterocycles. The van der Waals surface area contributed by atoms with Crippen LogP contribution in [0.3, 0.4) is 0 Å². The van der Waals surface area contributed by atoms with Gasteiger partial charge in [-0.3, -0.25) is 0 Å². The lowest BCUT2D eigenvalue weighted by atomic mass is 9.65. The second-order valence-electron chi connectivity index (χ2n) is 13.8. The minimum absolute atomic E-state index is 0.143. The monoisotopic (exact) mass is 594 g/mol. The van der Waals surface area contributed by atoms with Gasteiger partial charge in [-0.2, -0.15) is 0 Å². The maximum atomic E-state index is 2.42. The van der Waals surface area contributed by atoms with Crippen molar-refractivity contribution in [3.05, 3.63) is 201 Å². The van der Waals surface area contributed by atoms with Crippen LogP contribution in [0.5, 0.6) is 0 Å². The van der Waals surface area contributed by atoms with Crippen molar-refractivity contribution < 1.29 is 0 Å². The molecular formula is C46H42. The summed E-state index contributed by atoms with van der Waals surface area (Å²) >= 11 is 0. The average molecular weight is 595 g/mol. The number of benzene rings is 6. The summed E-state index contributed by atoms with van der Waals surface area (Å²) in [5.74, 6) is 0. The molecule has 0 radical (unpaired) electrons. The molecule has 0 heterocycles. The van der Waals surface area contributed by atoms with Gasteiger partial charge in [0.25, 0.3) is 0 Å². The normalized spacial score (nSPS) is 16.0. The highest BCUT2D eigenvalue weighted by Crippen LogP contribution is 2.56. The highest BCUT2D eigenvalue weighted by Gasteiger charge is 2.45. The van der Waals surface area contributed by atoms with Crippen LogP contribution < -0.4 is 0 Å². The zero-order valence-electron chi connectivity index (χ0n) is 27.1. The second-order valence-corrected chi connectivity index (χ2v) is 13.8. The predicted octanol–water partition coefficient (Wildman–Crippen LogP) is 11.5. The zero-order chi connectivity index (χ0) is 31.1. The van der Waals surface area contributed by atoms with E-state index >= 15 is 0 Å². The highest BCUT2D eigenvalue weighted by atomic mass is 14.5. The van der Waals surface area contributed by atoms with Crippen molar-refractivity contribution in [2.24, 2.45) is 0 Å². The van der Waals surface area contributed by atoms with Crippen molar-refractivity contribution in [2.75, 3.05) is 0 Å². The lowest BCUT2D eigenvalue weighted by Gasteiger charge is -2.39. The van der Waals surface area contributed by atoms with Crippen LogP contribution in [0.2, 0.25) is 0 Å². The van der Waals surface area contributed by atoms with Crippen LogP contribution in [-0.2, 0) is 17.3 Å². The standard InChI is InChI=1S/C46H42/c1-33-14-22-37(23-15-33)45(30-8-3-9-31-45)38-26-18-35(19-27-38)32-36-20-28-40(29-21-36)46(39-24-16-34(2)17-25-39)43-12-6-4-10-41(43)42-11-5-7-13-44(42)46/h4-7,10-29H,3,8-9,30-32H2,1-2H3. The summed E-state index contributed by atoms with van der Waals surface area (Å²) in [6.07, 6.45) is 7.38. The third-order valence-corrected chi connectivity index (χ3v) is 11.0. The molecule has 0 spiro atoms. The van der Waals surface area contributed by atoms with Crippen LogP contribution in [0.4, 0.5) is 0 Å². The molecule has 1 fully saturated rings. The number of rotatable bonds is 6. The summed E-state index contributed by atoms with van der Waals surface area (Å²) in [6.45, 7) is 4.36. The van der Waals surface area contributed by atoms with E-state index in [-0.39, 0.29) is 10.8 Å². The first kappa shape index (κ1) is 28.8. The van der Waals surface area contributed by atoms with Crippen molar-refractivity contribution in [3.63, 3.8) is 0 Å². The van der Waals surface area contributed by atoms with Gasteiger partial charge >= 0.3 is 0 Å². The molecule has 0 atom stereocenters. The number of hydrogen-bond acceptors (Lipinski definition) is 0. The summed E-state index contributed by atoms with van der Waals surface area (Å²) in [7, 11) is 0. The number of aryl methyl sites for hydroxylation is 2. The summed E-state index contributed by atoms with van der Waals surface area (Å²) in [5.41, 5.74) is 16.2. The Morgan fingerprint density at radius 2 is 0.804 bits per heavy atom. The molecule has 0 saturated heterocycles. The molecule has 0 amide bonds. The Bertz CT molecular complexity index is 1920. The molecule has 2 aliphatic carbocycles. The molecule has 1 saturated carbocycles. The molecule has 6 aromatic carbocycles. The van der Waals surface area contributed by atoms with E-state index in [1.165, 1.54) is 98.9 Å². The summed E-state index contributed by atoms with van der Waals surface area (Å²) in [5, 5.41) is 0. The molecule has 2 aliphatic rings. The SMILES string of the molecule is Cc1ccc(C2(c3ccc(Cc4ccc(C5(c6ccc(C)cc6)c6ccccc6-c6ccccc65)cc4)cc3)CCCCC2)cc1. The smallest absolute Gasteiger partial charge is 0.0619 e. The number of fused-ring (bicyclic) bond motifs is 3. The Labute approximate surface area is 274 Å². The minimum Gasteiger partial charge on any atom is -0.0619 e. The molecule has 0 unspecified atom stereocenters. The second kappa shape index (κ2) is 11.6. The zero-order valence-corrected chi connectivity index (χ0v) is 27.1. The van der Waals surface area contributed by atoms with Gasteiger partial charge in [0, 0.05) is 5.41 Å². The van der Waals surface area contributed by atoms with Crippen LogP contribution in [0, 0.1) is 13.8 Å². The fourth-order valence-electron chi connectivity index (χ4n) is 8.65. The maximum Gasteiger partial charge on any atom is 0.0713 e. The van der Waals surface area contributed by atoms with E-state index in [9.17, 15) is 0 Å². The first-order valence-electron chi connectivity index (χ1n) is 17.1. The largest absolute Gasteiger partial charge is 0.0713 e. The van der Waals surface area contributed by atoms with Crippen LogP contribution in [0.15, 0.2) is 146 Å². The maximum absolute atomic E-state index is 2.42. The molecule has 0 nitrogen and oxygen atoms in total. The van der Waals surface area contributed by atoms with E-state index in [0.29, 0.717) is 0 Å². The van der Waals surface area contributed by atoms with Crippen LogP contribution in [-0.4, -0.2) is 0 Å². The minimum atomic E-state index is -0.342. The van der Waals surface area contributed by atoms with Crippen LogP contribution in [0.25, 0.3) is 11.1 Å². The van der Waals surface area contributed by atoms with Gasteiger partial charge in [-0.25, -0.2) is 0 Å². The van der Waals surface area contributed by atoms with Crippen molar-refractivity contribution in [3.8, 4) is 11.1 Å². The van der Waals surface area contributed by atoms with Crippen LogP contribution >= 0.6 is 0 Å². The molecule has 8 rings (SSSR count). The summed E-state index contributed by atoms with van der Waals surface area (Å²) in [6, 6.07) is 55.6. The van der Waals surface area contributed by atoms with Crippen molar-refractivity contribution in [2.45, 2.75) is 63.2 Å². The Morgan fingerprint density at radius 1 is 0.413 bits per heavy atom. The lowest BCUT2D eigenvalue weighted by Crippen LogP contribution is -2.30. The van der Waals surface area contributed by atoms with Gasteiger partial charge in [0.05, 0.1) is 5.41 Å². The predicted molar refractivity (Wildman–Crippen MR) is 193 cm³/mol. The molecule has 46 heavy (non-hydrogen) atoms. The molecule has 226 valence electrons. The van der Waals surface area contributed by atoms with E-state index in [2.05, 4.69) is 159 Å². The highest BCUT2D eigenvalue weighted by molar-refractivity contribution is 5.86. The average Bonchev–Trinajstić information content (AvgIpc) is 3.41. The molecular weight excluding hydrogens is 553 g/mol. The van der Waals surface area contributed by atoms with Crippen molar-refractivity contribution in [1.82, 2.24) is 0 Å². The number of hydrogen-bond donors (Lipinski definition) is 0. The topological polar surface area (TPSA) is 0 Å². The van der Waals surface area contributed by atoms with Gasteiger partial charge < -0.3 is 0 Å². The Kier molecular flexibility index (Phi) is 7.25. The van der Waals surface area contributed by atoms with Gasteiger partial charge in [-0.1, -0.05) is 176 Å². The van der Waals surface area contributed by atoms with E-state index in [1.807, 2.05) is 0 Å². The van der Waals surface area contributed by atoms with Gasteiger partial charge in [0.2, 0.25) is 0 Å². The molecule has 6 aromatic rings. The van der Waals surface area contributed by atoms with Gasteiger partial charge in [0.15, 0.2) is 0 Å². The molecule has 0 aromatic heterocycles. The van der Waals surface area contributed by atoms with Crippen molar-refractivity contribution in [1.29, 1.82) is 0 Å². The van der Waals surface area contributed by atoms with E-state index < -0.39 is 0 Å². The van der Waals surface area contributed by atoms with E-state index in [4.69, 9.17) is 0 Å². The Balaban J connectivity index is 1.14. The third-order valence-electron chi connectivity index (χ3n) is 11.0. The Morgan fingerprint density at radius 3 is 1.28 bits per heavy atom. The summed E-state index contributed by atoms with van der Waals surface area (Å²) in [4.78, 5) is 0. The van der Waals surface area contributed by atoms with Gasteiger partial charge in [-0.15, -0.1) is 0 Å². The lowest BCUT2D eigenvalue weighted by molar-refractivity contribution is 0.346. The first-order valence-corrected chi connectivity index (χ1v) is 17.1. The molecule has 0 heteroatoms. The van der Waals surface area contributed by atoms with Gasteiger partial charge in [0.1, 0.15) is 0 Å². The summed E-state index contributed by atoms with van der Waals surface area (Å²) < 4.78 is 0. The quantitative estimate of drug-likeness (QED) is 0.180. The van der Waals surface area contributed by atoms with Crippen molar-refractivity contribution >= 4 is 0 Å². The van der Waals surface area contributed by atoms with Crippen LogP contribution in [0.1, 0.15) is 87.7 Å². The van der Waals surface area contributed by atoms with E-state index in [0.717, 1.165) is 6.42 Å². The Hall–Kier alpha value is -4.68. The molecule has 0 N–H and O–H groups in total. The van der Waals surface area contributed by atoms with E-state index in [1.54, 1.807) is 0 Å².